The molecular formula is C12H6ClN3O2. The largest absolute Gasteiger partial charge is 0.315 e. The predicted octanol–water partition coefficient (Wildman–Crippen LogP) is 3.34. The van der Waals surface area contributed by atoms with Crippen molar-refractivity contribution in [3.63, 3.8) is 0 Å². The number of hydrogen-bond acceptors (Lipinski definition) is 4. The second-order valence-electron chi connectivity index (χ2n) is 3.73. The molecule has 0 radical (unpaired) electrons. The average Bonchev–Trinajstić information content (AvgIpc) is 2.36. The van der Waals surface area contributed by atoms with Crippen molar-refractivity contribution in [3.05, 3.63) is 51.5 Å². The highest BCUT2D eigenvalue weighted by Crippen LogP contribution is 2.31. The number of nitrogens with zero attached hydrogens (tertiary/aromatic N) is 3. The minimum absolute atomic E-state index is 0.0667. The Balaban J connectivity index is 2.50. The van der Waals surface area contributed by atoms with E-state index < -0.39 is 4.92 Å². The Morgan fingerprint density at radius 2 is 1.67 bits per heavy atom. The van der Waals surface area contributed by atoms with Crippen molar-refractivity contribution < 1.29 is 4.92 Å². The van der Waals surface area contributed by atoms with Gasteiger partial charge in [-0.3, -0.25) is 10.1 Å². The second kappa shape index (κ2) is 3.89. The van der Waals surface area contributed by atoms with E-state index in [0.29, 0.717) is 16.6 Å². The van der Waals surface area contributed by atoms with Gasteiger partial charge >= 0.3 is 5.69 Å². The summed E-state index contributed by atoms with van der Waals surface area (Å²) >= 11 is 5.84. The molecule has 0 fully saturated rings. The smallest absolute Gasteiger partial charge is 0.258 e. The summed E-state index contributed by atoms with van der Waals surface area (Å²) in [4.78, 5) is 19.1. The first-order valence-corrected chi connectivity index (χ1v) is 5.54. The standard InChI is InChI=1S/C12H6ClN3O2/c13-7-5-6-10-11(12(7)16(17)18)15-9-4-2-1-3-8(9)14-10/h1-6H. The average molecular weight is 260 g/mol. The van der Waals surface area contributed by atoms with Crippen molar-refractivity contribution in [3.8, 4) is 0 Å². The van der Waals surface area contributed by atoms with Gasteiger partial charge in [0.1, 0.15) is 5.02 Å². The van der Waals surface area contributed by atoms with E-state index in [1.807, 2.05) is 12.1 Å². The van der Waals surface area contributed by atoms with E-state index in [1.54, 1.807) is 18.2 Å². The van der Waals surface area contributed by atoms with Crippen molar-refractivity contribution >= 4 is 39.4 Å². The SMILES string of the molecule is O=[N+]([O-])c1c(Cl)ccc2nc3ccccc3nc12. The number of hydrogen-bond donors (Lipinski definition) is 0. The van der Waals surface area contributed by atoms with Crippen molar-refractivity contribution in [2.75, 3.05) is 0 Å². The molecule has 1 heterocycles. The van der Waals surface area contributed by atoms with E-state index in [1.165, 1.54) is 6.07 Å². The van der Waals surface area contributed by atoms with Crippen LogP contribution in [0.25, 0.3) is 22.1 Å². The quantitative estimate of drug-likeness (QED) is 0.382. The van der Waals surface area contributed by atoms with Gasteiger partial charge in [-0.2, -0.15) is 0 Å². The molecule has 0 atom stereocenters. The maximum atomic E-state index is 11.0. The topological polar surface area (TPSA) is 68.9 Å². The minimum atomic E-state index is -0.534. The molecular weight excluding hydrogens is 254 g/mol. The number of halogens is 1. The third kappa shape index (κ3) is 1.56. The van der Waals surface area contributed by atoms with Crippen LogP contribution in [0.4, 0.5) is 5.69 Å². The Morgan fingerprint density at radius 3 is 2.33 bits per heavy atom. The van der Waals surface area contributed by atoms with Crippen LogP contribution in [0, 0.1) is 10.1 Å². The summed E-state index contributed by atoms with van der Waals surface area (Å²) in [5, 5.41) is 11.1. The fourth-order valence-corrected chi connectivity index (χ4v) is 2.04. The minimum Gasteiger partial charge on any atom is -0.258 e. The molecule has 0 aliphatic rings. The summed E-state index contributed by atoms with van der Waals surface area (Å²) in [6, 6.07) is 10.3. The van der Waals surface area contributed by atoms with Gasteiger partial charge in [0.05, 0.1) is 21.5 Å². The third-order valence-electron chi connectivity index (χ3n) is 2.62. The Labute approximate surface area is 106 Å². The molecule has 0 N–H and O–H groups in total. The summed E-state index contributed by atoms with van der Waals surface area (Å²) in [6.07, 6.45) is 0. The van der Waals surface area contributed by atoms with Gasteiger partial charge in [0.25, 0.3) is 0 Å². The van der Waals surface area contributed by atoms with Crippen molar-refractivity contribution in [2.45, 2.75) is 0 Å². The molecule has 0 saturated carbocycles. The fraction of sp³-hybridized carbons (Fsp3) is 0. The monoisotopic (exact) mass is 259 g/mol. The molecule has 0 aliphatic carbocycles. The molecule has 0 aliphatic heterocycles. The van der Waals surface area contributed by atoms with Gasteiger partial charge < -0.3 is 0 Å². The van der Waals surface area contributed by atoms with E-state index >= 15 is 0 Å². The molecule has 6 heteroatoms. The molecule has 0 amide bonds. The maximum absolute atomic E-state index is 11.0. The molecule has 3 aromatic rings. The first-order valence-electron chi connectivity index (χ1n) is 5.16. The Bertz CT molecular complexity index is 789. The molecule has 3 rings (SSSR count). The van der Waals surface area contributed by atoms with Gasteiger partial charge in [-0.1, -0.05) is 23.7 Å². The highest BCUT2D eigenvalue weighted by atomic mass is 35.5. The molecule has 0 saturated heterocycles. The van der Waals surface area contributed by atoms with Crippen LogP contribution in [0.15, 0.2) is 36.4 Å². The fourth-order valence-electron chi connectivity index (χ4n) is 1.82. The first-order chi connectivity index (χ1) is 8.66. The molecule has 18 heavy (non-hydrogen) atoms. The van der Waals surface area contributed by atoms with Crippen LogP contribution >= 0.6 is 11.6 Å². The van der Waals surface area contributed by atoms with Crippen molar-refractivity contribution in [1.29, 1.82) is 0 Å². The van der Waals surface area contributed by atoms with Gasteiger partial charge in [-0.05, 0) is 24.3 Å². The van der Waals surface area contributed by atoms with Crippen molar-refractivity contribution in [1.82, 2.24) is 9.97 Å². The third-order valence-corrected chi connectivity index (χ3v) is 2.92. The summed E-state index contributed by atoms with van der Waals surface area (Å²) in [5.74, 6) is 0. The van der Waals surface area contributed by atoms with E-state index in [4.69, 9.17) is 11.6 Å². The lowest BCUT2D eigenvalue weighted by molar-refractivity contribution is -0.383. The summed E-state index contributed by atoms with van der Waals surface area (Å²) in [5.41, 5.74) is 1.78. The number of para-hydroxylation sites is 2. The number of nitro benzene ring substituents is 1. The lowest BCUT2D eigenvalue weighted by atomic mass is 10.2. The molecule has 0 spiro atoms. The number of nitro groups is 1. The molecule has 88 valence electrons. The Morgan fingerprint density at radius 1 is 1.00 bits per heavy atom. The van der Waals surface area contributed by atoms with Gasteiger partial charge in [0.2, 0.25) is 0 Å². The van der Waals surface area contributed by atoms with Crippen molar-refractivity contribution in [2.24, 2.45) is 0 Å². The van der Waals surface area contributed by atoms with E-state index in [2.05, 4.69) is 9.97 Å². The Kier molecular flexibility index (Phi) is 2.34. The lowest BCUT2D eigenvalue weighted by Gasteiger charge is -2.02. The number of aromatic nitrogens is 2. The molecule has 0 unspecified atom stereocenters. The van der Waals surface area contributed by atoms with Crippen LogP contribution in [-0.2, 0) is 0 Å². The summed E-state index contributed by atoms with van der Waals surface area (Å²) in [6.45, 7) is 0. The first kappa shape index (κ1) is 10.9. The zero-order chi connectivity index (χ0) is 12.7. The maximum Gasteiger partial charge on any atom is 0.315 e. The predicted molar refractivity (Wildman–Crippen MR) is 68.7 cm³/mol. The molecule has 1 aromatic heterocycles. The van der Waals surface area contributed by atoms with Gasteiger partial charge in [0.15, 0.2) is 5.52 Å². The lowest BCUT2D eigenvalue weighted by Crippen LogP contribution is -1.95. The van der Waals surface area contributed by atoms with Crippen LogP contribution in [0.2, 0.25) is 5.02 Å². The van der Waals surface area contributed by atoms with Crippen LogP contribution in [0.1, 0.15) is 0 Å². The highest BCUT2D eigenvalue weighted by molar-refractivity contribution is 6.34. The second-order valence-corrected chi connectivity index (χ2v) is 4.14. The summed E-state index contributed by atoms with van der Waals surface area (Å²) < 4.78 is 0. The van der Waals surface area contributed by atoms with E-state index in [-0.39, 0.29) is 16.2 Å². The van der Waals surface area contributed by atoms with Gasteiger partial charge in [-0.25, -0.2) is 9.97 Å². The van der Waals surface area contributed by atoms with Gasteiger partial charge in [0, 0.05) is 0 Å². The number of fused-ring (bicyclic) bond motifs is 2. The van der Waals surface area contributed by atoms with E-state index in [0.717, 1.165) is 0 Å². The van der Waals surface area contributed by atoms with Crippen LogP contribution in [0.5, 0.6) is 0 Å². The number of benzene rings is 2. The summed E-state index contributed by atoms with van der Waals surface area (Å²) in [7, 11) is 0. The highest BCUT2D eigenvalue weighted by Gasteiger charge is 2.19. The molecule has 2 aromatic carbocycles. The molecule has 5 nitrogen and oxygen atoms in total. The molecule has 0 bridgehead atoms. The van der Waals surface area contributed by atoms with Gasteiger partial charge in [-0.15, -0.1) is 0 Å². The van der Waals surface area contributed by atoms with Crippen LogP contribution in [0.3, 0.4) is 0 Å². The van der Waals surface area contributed by atoms with Crippen LogP contribution in [-0.4, -0.2) is 14.9 Å². The van der Waals surface area contributed by atoms with Crippen LogP contribution < -0.4 is 0 Å². The van der Waals surface area contributed by atoms with E-state index in [9.17, 15) is 10.1 Å². The number of rotatable bonds is 1. The Hall–Kier alpha value is -2.27. The zero-order valence-corrected chi connectivity index (χ0v) is 9.76. The zero-order valence-electron chi connectivity index (χ0n) is 9.00. The normalized spacial score (nSPS) is 10.9.